The van der Waals surface area contributed by atoms with E-state index in [1.165, 1.54) is 48.7 Å². The lowest BCUT2D eigenvalue weighted by molar-refractivity contribution is -0.385. The third kappa shape index (κ3) is 4.79. The average Bonchev–Trinajstić information content (AvgIpc) is 2.61. The van der Waals surface area contributed by atoms with Crippen LogP contribution in [-0.2, 0) is 0 Å². The molecule has 2 aromatic rings. The Kier molecular flexibility index (Phi) is 5.67. The quantitative estimate of drug-likeness (QED) is 0.491. The average molecular weight is 340 g/mol. The van der Waals surface area contributed by atoms with E-state index in [1.54, 1.807) is 18.2 Å². The first-order chi connectivity index (χ1) is 12.0. The molecule has 0 saturated carbocycles. The maximum atomic E-state index is 11.8. The molecule has 0 atom stereocenters. The van der Waals surface area contributed by atoms with Crippen LogP contribution in [0.1, 0.15) is 15.9 Å². The standard InChI is InChI=1S/C16H12N4O5/c21-16(13-7-9-14(10-8-13)19(22)23)18-17-11-3-5-12-4-1-2-6-15(12)20(24)25/h1-11H,(H,18,21). The molecule has 0 heterocycles. The van der Waals surface area contributed by atoms with E-state index in [4.69, 9.17) is 0 Å². The smallest absolute Gasteiger partial charge is 0.267 e. The normalized spacial score (nSPS) is 10.9. The third-order valence-electron chi connectivity index (χ3n) is 3.08. The molecule has 9 heteroatoms. The molecule has 0 aliphatic heterocycles. The molecule has 2 aromatic carbocycles. The minimum absolute atomic E-state index is 0.0398. The zero-order valence-electron chi connectivity index (χ0n) is 12.7. The van der Waals surface area contributed by atoms with Crippen LogP contribution < -0.4 is 5.43 Å². The molecule has 1 amide bonds. The molecule has 0 radical (unpaired) electrons. The molecule has 9 nitrogen and oxygen atoms in total. The first-order valence-electron chi connectivity index (χ1n) is 6.97. The van der Waals surface area contributed by atoms with Crippen LogP contribution in [0, 0.1) is 20.2 Å². The summed E-state index contributed by atoms with van der Waals surface area (Å²) in [5.41, 5.74) is 2.71. The predicted octanol–water partition coefficient (Wildman–Crippen LogP) is 2.93. The van der Waals surface area contributed by atoms with Crippen LogP contribution in [0.4, 0.5) is 11.4 Å². The summed E-state index contributed by atoms with van der Waals surface area (Å²) in [5, 5.41) is 25.1. The zero-order valence-corrected chi connectivity index (χ0v) is 12.7. The first-order valence-corrected chi connectivity index (χ1v) is 6.97. The van der Waals surface area contributed by atoms with E-state index < -0.39 is 15.8 Å². The molecule has 0 aliphatic rings. The molecule has 25 heavy (non-hydrogen) atoms. The second kappa shape index (κ2) is 8.11. The van der Waals surface area contributed by atoms with E-state index >= 15 is 0 Å². The highest BCUT2D eigenvalue weighted by atomic mass is 16.6. The number of nitrogens with one attached hydrogen (secondary N) is 1. The fourth-order valence-corrected chi connectivity index (χ4v) is 1.88. The molecular weight excluding hydrogens is 328 g/mol. The number of para-hydroxylation sites is 1. The topological polar surface area (TPSA) is 128 Å². The summed E-state index contributed by atoms with van der Waals surface area (Å²) in [7, 11) is 0. The summed E-state index contributed by atoms with van der Waals surface area (Å²) in [4.78, 5) is 32.1. The second-order valence-corrected chi connectivity index (χ2v) is 4.70. The minimum Gasteiger partial charge on any atom is -0.267 e. The Morgan fingerprint density at radius 2 is 1.68 bits per heavy atom. The van der Waals surface area contributed by atoms with E-state index in [0.29, 0.717) is 5.56 Å². The largest absolute Gasteiger partial charge is 0.276 e. The highest BCUT2D eigenvalue weighted by molar-refractivity contribution is 5.94. The van der Waals surface area contributed by atoms with Crippen LogP contribution in [0.3, 0.4) is 0 Å². The van der Waals surface area contributed by atoms with Crippen molar-refractivity contribution in [1.82, 2.24) is 5.43 Å². The van der Waals surface area contributed by atoms with Gasteiger partial charge < -0.3 is 0 Å². The van der Waals surface area contributed by atoms with Gasteiger partial charge in [-0.1, -0.05) is 12.1 Å². The van der Waals surface area contributed by atoms with Gasteiger partial charge in [0.2, 0.25) is 0 Å². The third-order valence-corrected chi connectivity index (χ3v) is 3.08. The number of non-ortho nitro benzene ring substituents is 1. The van der Waals surface area contributed by atoms with Crippen molar-refractivity contribution in [1.29, 1.82) is 0 Å². The monoisotopic (exact) mass is 340 g/mol. The lowest BCUT2D eigenvalue weighted by Gasteiger charge is -1.98. The van der Waals surface area contributed by atoms with Gasteiger partial charge in [-0.15, -0.1) is 0 Å². The zero-order chi connectivity index (χ0) is 18.2. The lowest BCUT2D eigenvalue weighted by atomic mass is 10.1. The number of nitro groups is 2. The molecule has 0 aromatic heterocycles. The van der Waals surface area contributed by atoms with E-state index in [0.717, 1.165) is 0 Å². The number of nitrogens with zero attached hydrogens (tertiary/aromatic N) is 3. The highest BCUT2D eigenvalue weighted by Crippen LogP contribution is 2.18. The molecule has 0 bridgehead atoms. The van der Waals surface area contributed by atoms with Gasteiger partial charge in [-0.3, -0.25) is 25.0 Å². The molecule has 2 rings (SSSR count). The van der Waals surface area contributed by atoms with Crippen LogP contribution in [0.5, 0.6) is 0 Å². The van der Waals surface area contributed by atoms with Crippen LogP contribution in [0.2, 0.25) is 0 Å². The number of allylic oxidation sites excluding steroid dienone is 1. The van der Waals surface area contributed by atoms with Crippen molar-refractivity contribution in [2.75, 3.05) is 0 Å². The van der Waals surface area contributed by atoms with Gasteiger partial charge in [0, 0.05) is 30.0 Å². The molecule has 126 valence electrons. The summed E-state index contributed by atoms with van der Waals surface area (Å²) < 4.78 is 0. The minimum atomic E-state index is -0.562. The summed E-state index contributed by atoms with van der Waals surface area (Å²) in [6.07, 6.45) is 4.19. The molecule has 0 saturated heterocycles. The molecule has 0 spiro atoms. The van der Waals surface area contributed by atoms with Crippen LogP contribution in [-0.4, -0.2) is 22.0 Å². The predicted molar refractivity (Wildman–Crippen MR) is 91.2 cm³/mol. The van der Waals surface area contributed by atoms with Gasteiger partial charge in [0.25, 0.3) is 17.3 Å². The summed E-state index contributed by atoms with van der Waals surface area (Å²) in [5.74, 6) is -0.537. The SMILES string of the molecule is O=C(NN=CC=Cc1ccccc1[N+](=O)[O-])c1ccc([N+](=O)[O-])cc1. The Bertz CT molecular complexity index is 859. The van der Waals surface area contributed by atoms with Crippen molar-refractivity contribution in [3.63, 3.8) is 0 Å². The lowest BCUT2D eigenvalue weighted by Crippen LogP contribution is -2.17. The number of rotatable bonds is 6. The van der Waals surface area contributed by atoms with Crippen molar-refractivity contribution in [2.45, 2.75) is 0 Å². The summed E-state index contributed by atoms with van der Waals surface area (Å²) in [6, 6.07) is 11.2. The van der Waals surface area contributed by atoms with Crippen LogP contribution >= 0.6 is 0 Å². The van der Waals surface area contributed by atoms with Gasteiger partial charge in [-0.05, 0) is 30.4 Å². The number of hydrogen-bond acceptors (Lipinski definition) is 6. The van der Waals surface area contributed by atoms with E-state index in [9.17, 15) is 25.0 Å². The van der Waals surface area contributed by atoms with Gasteiger partial charge in [0.1, 0.15) is 0 Å². The summed E-state index contributed by atoms with van der Waals surface area (Å²) in [6.45, 7) is 0. The number of hydrazone groups is 1. The summed E-state index contributed by atoms with van der Waals surface area (Å²) >= 11 is 0. The van der Waals surface area contributed by atoms with E-state index in [2.05, 4.69) is 10.5 Å². The molecular formula is C16H12N4O5. The second-order valence-electron chi connectivity index (χ2n) is 4.70. The van der Waals surface area contributed by atoms with Crippen LogP contribution in [0.15, 0.2) is 59.7 Å². The Balaban J connectivity index is 1.96. The number of carbonyl (C=O) groups excluding carboxylic acids is 1. The van der Waals surface area contributed by atoms with Crippen molar-refractivity contribution in [3.8, 4) is 0 Å². The highest BCUT2D eigenvalue weighted by Gasteiger charge is 2.09. The van der Waals surface area contributed by atoms with Gasteiger partial charge in [-0.25, -0.2) is 5.43 Å². The van der Waals surface area contributed by atoms with Crippen molar-refractivity contribution in [3.05, 3.63) is 86.0 Å². The van der Waals surface area contributed by atoms with Crippen molar-refractivity contribution in [2.24, 2.45) is 5.10 Å². The van der Waals surface area contributed by atoms with E-state index in [-0.39, 0.29) is 16.9 Å². The van der Waals surface area contributed by atoms with Gasteiger partial charge in [-0.2, -0.15) is 5.10 Å². The molecule has 0 fully saturated rings. The number of benzene rings is 2. The fourth-order valence-electron chi connectivity index (χ4n) is 1.88. The molecule has 1 N–H and O–H groups in total. The van der Waals surface area contributed by atoms with Gasteiger partial charge in [0.15, 0.2) is 0 Å². The maximum Gasteiger partial charge on any atom is 0.276 e. The maximum absolute atomic E-state index is 11.8. The molecule has 0 unspecified atom stereocenters. The van der Waals surface area contributed by atoms with E-state index in [1.807, 2.05) is 0 Å². The van der Waals surface area contributed by atoms with Gasteiger partial charge in [0.05, 0.1) is 15.4 Å². The van der Waals surface area contributed by atoms with Gasteiger partial charge >= 0.3 is 0 Å². The number of hydrogen-bond donors (Lipinski definition) is 1. The number of carbonyl (C=O) groups is 1. The first kappa shape index (κ1) is 17.5. The Morgan fingerprint density at radius 1 is 1.00 bits per heavy atom. The number of nitro benzene ring substituents is 2. The fraction of sp³-hybridized carbons (Fsp3) is 0. The molecule has 0 aliphatic carbocycles. The van der Waals surface area contributed by atoms with Crippen LogP contribution in [0.25, 0.3) is 6.08 Å². The Hall–Kier alpha value is -3.88. The Morgan fingerprint density at radius 3 is 2.32 bits per heavy atom. The number of amides is 1. The van der Waals surface area contributed by atoms with Crippen molar-refractivity contribution < 1.29 is 14.6 Å². The Labute approximate surface area is 141 Å². The van der Waals surface area contributed by atoms with Crippen molar-refractivity contribution >= 4 is 29.6 Å².